The minimum Gasteiger partial charge on any atom is -0.457 e. The first-order chi connectivity index (χ1) is 11.1. The van der Waals surface area contributed by atoms with Crippen LogP contribution in [0, 0.1) is 0 Å². The Bertz CT molecular complexity index is 639. The van der Waals surface area contributed by atoms with E-state index in [1.54, 1.807) is 30.3 Å². The van der Waals surface area contributed by atoms with E-state index in [1.807, 2.05) is 0 Å². The third-order valence-electron chi connectivity index (χ3n) is 2.96. The van der Waals surface area contributed by atoms with Crippen LogP contribution in [0.3, 0.4) is 0 Å². The number of methoxy groups -OCH3 is 1. The minimum atomic E-state index is -1.11. The first-order valence-corrected chi connectivity index (χ1v) is 7.26. The molecule has 122 valence electrons. The fraction of sp³-hybridized carbons (Fsp3) is 0.250. The zero-order valence-corrected chi connectivity index (χ0v) is 13.2. The molecule has 0 bridgehead atoms. The molecule has 6 nitrogen and oxygen atoms in total. The van der Waals surface area contributed by atoms with E-state index in [9.17, 15) is 9.59 Å². The van der Waals surface area contributed by atoms with Crippen molar-refractivity contribution in [2.75, 3.05) is 20.3 Å². The summed E-state index contributed by atoms with van der Waals surface area (Å²) in [7, 11) is 1.53. The van der Waals surface area contributed by atoms with Crippen LogP contribution in [0.1, 0.15) is 22.2 Å². The molecule has 0 spiro atoms. The van der Waals surface area contributed by atoms with Crippen molar-refractivity contribution in [2.24, 2.45) is 0 Å². The summed E-state index contributed by atoms with van der Waals surface area (Å²) in [6.07, 6.45) is 0.244. The normalized spacial score (nSPS) is 11.7. The molecule has 1 aromatic carbocycles. The number of carbonyl (C=O) groups is 2. The van der Waals surface area contributed by atoms with Gasteiger partial charge in [-0.25, -0.2) is 4.79 Å². The Kier molecular flexibility index (Phi) is 6.19. The molecule has 0 radical (unpaired) electrons. The summed E-state index contributed by atoms with van der Waals surface area (Å²) in [4.78, 5) is 24.3. The molecule has 1 N–H and O–H groups in total. The molecule has 0 aliphatic carbocycles. The van der Waals surface area contributed by atoms with Crippen molar-refractivity contribution in [3.63, 3.8) is 0 Å². The van der Waals surface area contributed by atoms with Crippen LogP contribution in [0.15, 0.2) is 47.1 Å². The predicted octanol–water partition coefficient (Wildman–Crippen LogP) is 2.59. The number of hydrogen-bond acceptors (Lipinski definition) is 5. The Morgan fingerprint density at radius 3 is 2.61 bits per heavy atom. The lowest BCUT2D eigenvalue weighted by molar-refractivity contribution is -0.130. The Morgan fingerprint density at radius 2 is 2.00 bits per heavy atom. The maximum atomic E-state index is 12.3. The molecular weight excluding hydrogens is 322 g/mol. The van der Waals surface area contributed by atoms with Gasteiger partial charge in [0, 0.05) is 24.2 Å². The van der Waals surface area contributed by atoms with Gasteiger partial charge < -0.3 is 19.2 Å². The van der Waals surface area contributed by atoms with Gasteiger partial charge in [0.25, 0.3) is 5.91 Å². The van der Waals surface area contributed by atoms with Crippen LogP contribution in [0.5, 0.6) is 0 Å². The minimum absolute atomic E-state index is 0.0219. The molecule has 7 heteroatoms. The maximum absolute atomic E-state index is 12.3. The second kappa shape index (κ2) is 8.36. The quantitative estimate of drug-likeness (QED) is 0.620. The first-order valence-electron chi connectivity index (χ1n) is 6.88. The molecule has 0 saturated carbocycles. The highest BCUT2D eigenvalue weighted by Crippen LogP contribution is 2.22. The molecule has 1 heterocycles. The summed E-state index contributed by atoms with van der Waals surface area (Å²) in [6.45, 7) is 0.656. The zero-order chi connectivity index (χ0) is 16.7. The van der Waals surface area contributed by atoms with Crippen LogP contribution >= 0.6 is 11.6 Å². The van der Waals surface area contributed by atoms with Gasteiger partial charge in [0.05, 0.1) is 12.9 Å². The molecule has 1 aromatic heterocycles. The van der Waals surface area contributed by atoms with Crippen LogP contribution in [0.4, 0.5) is 0 Å². The molecule has 2 aromatic rings. The van der Waals surface area contributed by atoms with Gasteiger partial charge in [-0.15, -0.1) is 0 Å². The Morgan fingerprint density at radius 1 is 1.26 bits per heavy atom. The SMILES string of the molecule is COCCNC(=O)C(OC(=O)c1ccco1)c1ccc(Cl)cc1. The second-order valence-corrected chi connectivity index (χ2v) is 5.03. The fourth-order valence-electron chi connectivity index (χ4n) is 1.84. The van der Waals surface area contributed by atoms with Crippen LogP contribution in [-0.4, -0.2) is 32.1 Å². The van der Waals surface area contributed by atoms with E-state index in [-0.39, 0.29) is 5.76 Å². The van der Waals surface area contributed by atoms with Crippen molar-refractivity contribution in [3.8, 4) is 0 Å². The van der Waals surface area contributed by atoms with Gasteiger partial charge in [0.1, 0.15) is 0 Å². The number of hydrogen-bond donors (Lipinski definition) is 1. The fourth-order valence-corrected chi connectivity index (χ4v) is 1.97. The molecular formula is C16H16ClNO5. The Hall–Kier alpha value is -2.31. The van der Waals surface area contributed by atoms with Crippen LogP contribution in [0.25, 0.3) is 0 Å². The zero-order valence-electron chi connectivity index (χ0n) is 12.5. The van der Waals surface area contributed by atoms with E-state index < -0.39 is 18.0 Å². The number of carbonyl (C=O) groups excluding carboxylic acids is 2. The lowest BCUT2D eigenvalue weighted by Gasteiger charge is -2.17. The van der Waals surface area contributed by atoms with Crippen LogP contribution in [0.2, 0.25) is 5.02 Å². The van der Waals surface area contributed by atoms with Crippen molar-refractivity contribution in [1.82, 2.24) is 5.32 Å². The summed E-state index contributed by atoms with van der Waals surface area (Å²) >= 11 is 5.85. The molecule has 1 atom stereocenters. The molecule has 1 amide bonds. The van der Waals surface area contributed by atoms with E-state index in [4.69, 9.17) is 25.5 Å². The standard InChI is InChI=1S/C16H16ClNO5/c1-21-10-8-18-15(19)14(11-4-6-12(17)7-5-11)23-16(20)13-3-2-9-22-13/h2-7,9,14H,8,10H2,1H3,(H,18,19). The third kappa shape index (κ3) is 4.84. The van der Waals surface area contributed by atoms with E-state index in [0.717, 1.165) is 0 Å². The number of furan rings is 1. The molecule has 0 fully saturated rings. The van der Waals surface area contributed by atoms with E-state index in [2.05, 4.69) is 5.32 Å². The van der Waals surface area contributed by atoms with Gasteiger partial charge in [-0.05, 0) is 24.3 Å². The highest BCUT2D eigenvalue weighted by atomic mass is 35.5. The molecule has 1 unspecified atom stereocenters. The lowest BCUT2D eigenvalue weighted by Crippen LogP contribution is -2.34. The molecule has 0 saturated heterocycles. The van der Waals surface area contributed by atoms with Gasteiger partial charge in [-0.2, -0.15) is 0 Å². The highest BCUT2D eigenvalue weighted by molar-refractivity contribution is 6.30. The number of benzene rings is 1. The largest absolute Gasteiger partial charge is 0.457 e. The van der Waals surface area contributed by atoms with E-state index >= 15 is 0 Å². The summed E-state index contributed by atoms with van der Waals surface area (Å²) in [6, 6.07) is 9.51. The number of rotatable bonds is 7. The molecule has 0 aliphatic rings. The average Bonchev–Trinajstić information content (AvgIpc) is 3.08. The van der Waals surface area contributed by atoms with Crippen molar-refractivity contribution in [2.45, 2.75) is 6.10 Å². The van der Waals surface area contributed by atoms with Gasteiger partial charge in [-0.1, -0.05) is 23.7 Å². The van der Waals surface area contributed by atoms with Gasteiger partial charge in [0.15, 0.2) is 0 Å². The Labute approximate surface area is 138 Å². The van der Waals surface area contributed by atoms with E-state index in [0.29, 0.717) is 23.7 Å². The van der Waals surface area contributed by atoms with Crippen LogP contribution < -0.4 is 5.32 Å². The van der Waals surface area contributed by atoms with Crippen molar-refractivity contribution in [1.29, 1.82) is 0 Å². The number of nitrogens with one attached hydrogen (secondary N) is 1. The average molecular weight is 338 g/mol. The van der Waals surface area contributed by atoms with Gasteiger partial charge in [0.2, 0.25) is 11.9 Å². The molecule has 2 rings (SSSR count). The smallest absolute Gasteiger partial charge is 0.375 e. The highest BCUT2D eigenvalue weighted by Gasteiger charge is 2.26. The number of halogens is 1. The topological polar surface area (TPSA) is 77.8 Å². The van der Waals surface area contributed by atoms with Crippen LogP contribution in [-0.2, 0) is 14.3 Å². The lowest BCUT2D eigenvalue weighted by atomic mass is 10.1. The number of ether oxygens (including phenoxy) is 2. The third-order valence-corrected chi connectivity index (χ3v) is 3.22. The number of esters is 1. The molecule has 23 heavy (non-hydrogen) atoms. The van der Waals surface area contributed by atoms with Crippen molar-refractivity contribution in [3.05, 3.63) is 59.0 Å². The summed E-state index contributed by atoms with van der Waals surface area (Å²) < 4.78 is 15.1. The predicted molar refractivity (Wildman–Crippen MR) is 83.2 cm³/mol. The Balaban J connectivity index is 2.15. The first kappa shape index (κ1) is 17.1. The van der Waals surface area contributed by atoms with E-state index in [1.165, 1.54) is 19.4 Å². The number of amides is 1. The summed E-state index contributed by atoms with van der Waals surface area (Å²) in [5.41, 5.74) is 0.504. The summed E-state index contributed by atoms with van der Waals surface area (Å²) in [5, 5.41) is 3.16. The van der Waals surface area contributed by atoms with Crippen molar-refractivity contribution < 1.29 is 23.5 Å². The van der Waals surface area contributed by atoms with Gasteiger partial charge in [-0.3, -0.25) is 4.79 Å². The van der Waals surface area contributed by atoms with Crippen molar-refractivity contribution >= 4 is 23.5 Å². The molecule has 0 aliphatic heterocycles. The monoisotopic (exact) mass is 337 g/mol. The second-order valence-electron chi connectivity index (χ2n) is 4.60. The van der Waals surface area contributed by atoms with Gasteiger partial charge >= 0.3 is 5.97 Å². The summed E-state index contributed by atoms with van der Waals surface area (Å²) in [5.74, 6) is -1.16. The maximum Gasteiger partial charge on any atom is 0.375 e.